The van der Waals surface area contributed by atoms with E-state index in [1.54, 1.807) is 13.8 Å². The van der Waals surface area contributed by atoms with Gasteiger partial charge in [0.25, 0.3) is 0 Å². The van der Waals surface area contributed by atoms with Gasteiger partial charge in [-0.3, -0.25) is 9.59 Å². The summed E-state index contributed by atoms with van der Waals surface area (Å²) in [6.45, 7) is 4.14. The fraction of sp³-hybridized carbons (Fsp3) is 0.423. The van der Waals surface area contributed by atoms with Gasteiger partial charge in [0.15, 0.2) is 0 Å². The molecule has 0 unspecified atom stereocenters. The minimum Gasteiger partial charge on any atom is -0.481 e. The number of carboxylic acids is 1. The van der Waals surface area contributed by atoms with E-state index in [1.165, 1.54) is 0 Å². The topological polar surface area (TPSA) is 114 Å². The lowest BCUT2D eigenvalue weighted by molar-refractivity contribution is -0.141. The maximum Gasteiger partial charge on any atom is 0.407 e. The Morgan fingerprint density at radius 1 is 1.03 bits per heavy atom. The maximum absolute atomic E-state index is 12.6. The summed E-state index contributed by atoms with van der Waals surface area (Å²) < 4.78 is 11.0. The number of nitrogens with one attached hydrogen (secondary N) is 2. The van der Waals surface area contributed by atoms with Gasteiger partial charge in [0.05, 0.1) is 24.0 Å². The van der Waals surface area contributed by atoms with Crippen molar-refractivity contribution in [2.45, 2.75) is 32.3 Å². The van der Waals surface area contributed by atoms with Crippen molar-refractivity contribution in [2.24, 2.45) is 11.3 Å². The number of hydrogen-bond donors (Lipinski definition) is 3. The van der Waals surface area contributed by atoms with E-state index in [9.17, 15) is 14.4 Å². The summed E-state index contributed by atoms with van der Waals surface area (Å²) in [7, 11) is 0. The molecule has 1 heterocycles. The number of rotatable bonds is 8. The van der Waals surface area contributed by atoms with Crippen LogP contribution in [0.1, 0.15) is 37.3 Å². The maximum atomic E-state index is 12.6. The van der Waals surface area contributed by atoms with Crippen LogP contribution in [0.15, 0.2) is 48.5 Å². The van der Waals surface area contributed by atoms with Crippen molar-refractivity contribution in [3.05, 3.63) is 59.7 Å². The van der Waals surface area contributed by atoms with Gasteiger partial charge in [-0.25, -0.2) is 4.79 Å². The third-order valence-corrected chi connectivity index (χ3v) is 6.55. The molecular formula is C26H30N2O6. The summed E-state index contributed by atoms with van der Waals surface area (Å²) in [5.74, 6) is -1.71. The Labute approximate surface area is 198 Å². The van der Waals surface area contributed by atoms with E-state index in [2.05, 4.69) is 34.9 Å². The number of benzene rings is 2. The largest absolute Gasteiger partial charge is 0.481 e. The molecule has 1 aliphatic heterocycles. The Balaban J connectivity index is 1.25. The molecule has 0 bridgehead atoms. The molecule has 34 heavy (non-hydrogen) atoms. The number of fused-ring (bicyclic) bond motifs is 3. The summed E-state index contributed by atoms with van der Waals surface area (Å²) in [5.41, 5.74) is 3.71. The lowest BCUT2D eigenvalue weighted by atomic mass is 9.92. The first-order chi connectivity index (χ1) is 16.3. The Bertz CT molecular complexity index is 1040. The van der Waals surface area contributed by atoms with Gasteiger partial charge in [0.1, 0.15) is 6.61 Å². The molecule has 1 fully saturated rings. The Morgan fingerprint density at radius 2 is 1.65 bits per heavy atom. The molecule has 2 aliphatic rings. The monoisotopic (exact) mass is 466 g/mol. The molecular weight excluding hydrogens is 436 g/mol. The van der Waals surface area contributed by atoms with Crippen molar-refractivity contribution in [1.29, 1.82) is 0 Å². The minimum absolute atomic E-state index is 0.0319. The summed E-state index contributed by atoms with van der Waals surface area (Å²) >= 11 is 0. The summed E-state index contributed by atoms with van der Waals surface area (Å²) in [4.78, 5) is 36.1. The van der Waals surface area contributed by atoms with Crippen molar-refractivity contribution >= 4 is 18.0 Å². The van der Waals surface area contributed by atoms with Crippen molar-refractivity contribution in [1.82, 2.24) is 10.6 Å². The highest BCUT2D eigenvalue weighted by Crippen LogP contribution is 2.44. The highest BCUT2D eigenvalue weighted by Gasteiger charge is 2.34. The Kier molecular flexibility index (Phi) is 6.88. The molecule has 180 valence electrons. The van der Waals surface area contributed by atoms with Crippen molar-refractivity contribution in [3.63, 3.8) is 0 Å². The molecule has 0 saturated carbocycles. The van der Waals surface area contributed by atoms with Crippen LogP contribution in [0.2, 0.25) is 0 Å². The summed E-state index contributed by atoms with van der Waals surface area (Å²) in [6.07, 6.45) is -0.532. The van der Waals surface area contributed by atoms with Gasteiger partial charge in [-0.2, -0.15) is 0 Å². The molecule has 4 rings (SSSR count). The number of carboxylic acid groups (broad SMARTS) is 1. The van der Waals surface area contributed by atoms with Crippen LogP contribution in [-0.2, 0) is 19.1 Å². The van der Waals surface area contributed by atoms with Crippen LogP contribution in [0.3, 0.4) is 0 Å². The fourth-order valence-electron chi connectivity index (χ4n) is 4.49. The zero-order valence-corrected chi connectivity index (χ0v) is 19.4. The smallest absolute Gasteiger partial charge is 0.407 e. The molecule has 1 aliphatic carbocycles. The zero-order chi connectivity index (χ0) is 24.3. The first-order valence-electron chi connectivity index (χ1n) is 11.5. The van der Waals surface area contributed by atoms with Crippen LogP contribution in [0.5, 0.6) is 0 Å². The number of alkyl carbamates (subject to hydrolysis) is 1. The number of aliphatic carboxylic acids is 1. The molecule has 3 N–H and O–H groups in total. The van der Waals surface area contributed by atoms with E-state index in [-0.39, 0.29) is 44.2 Å². The molecule has 2 aromatic carbocycles. The first kappa shape index (κ1) is 23.8. The molecule has 0 aromatic heterocycles. The summed E-state index contributed by atoms with van der Waals surface area (Å²) in [5, 5.41) is 14.5. The fourth-order valence-corrected chi connectivity index (χ4v) is 4.49. The number of carbonyl (C=O) groups excluding carboxylic acids is 2. The molecule has 0 radical (unpaired) electrons. The third-order valence-electron chi connectivity index (χ3n) is 6.55. The van der Waals surface area contributed by atoms with Gasteiger partial charge in [0.2, 0.25) is 5.91 Å². The lowest BCUT2D eigenvalue weighted by Gasteiger charge is -2.25. The lowest BCUT2D eigenvalue weighted by Crippen LogP contribution is -2.46. The van der Waals surface area contributed by atoms with Crippen molar-refractivity contribution in [2.75, 3.05) is 26.3 Å². The molecule has 2 atom stereocenters. The van der Waals surface area contributed by atoms with Gasteiger partial charge < -0.3 is 25.2 Å². The van der Waals surface area contributed by atoms with Crippen molar-refractivity contribution < 1.29 is 29.0 Å². The predicted molar refractivity (Wildman–Crippen MR) is 125 cm³/mol. The normalized spacial score (nSPS) is 19.2. The van der Waals surface area contributed by atoms with Gasteiger partial charge in [-0.05, 0) is 42.5 Å². The van der Waals surface area contributed by atoms with Gasteiger partial charge in [-0.15, -0.1) is 0 Å². The number of carbonyl (C=O) groups is 3. The van der Waals surface area contributed by atoms with Crippen LogP contribution < -0.4 is 10.6 Å². The van der Waals surface area contributed by atoms with E-state index in [4.69, 9.17) is 14.6 Å². The van der Waals surface area contributed by atoms with Crippen LogP contribution in [-0.4, -0.2) is 55.5 Å². The molecule has 0 spiro atoms. The van der Waals surface area contributed by atoms with Crippen LogP contribution in [0, 0.1) is 11.3 Å². The van der Waals surface area contributed by atoms with Crippen LogP contribution in [0.4, 0.5) is 4.79 Å². The molecule has 2 amide bonds. The second-order valence-corrected chi connectivity index (χ2v) is 9.50. The average Bonchev–Trinajstić information content (AvgIpc) is 3.43. The Hall–Kier alpha value is -3.39. The van der Waals surface area contributed by atoms with Crippen LogP contribution >= 0.6 is 0 Å². The Morgan fingerprint density at radius 3 is 2.24 bits per heavy atom. The zero-order valence-electron chi connectivity index (χ0n) is 19.4. The minimum atomic E-state index is -0.888. The van der Waals surface area contributed by atoms with Gasteiger partial charge >= 0.3 is 12.1 Å². The van der Waals surface area contributed by atoms with E-state index in [0.717, 1.165) is 22.3 Å². The van der Waals surface area contributed by atoms with E-state index < -0.39 is 23.4 Å². The predicted octanol–water partition coefficient (Wildman–Crippen LogP) is 3.16. The van der Waals surface area contributed by atoms with E-state index in [0.29, 0.717) is 6.42 Å². The number of ether oxygens (including phenoxy) is 2. The van der Waals surface area contributed by atoms with Crippen molar-refractivity contribution in [3.8, 4) is 11.1 Å². The summed E-state index contributed by atoms with van der Waals surface area (Å²) in [6, 6.07) is 16.2. The number of amides is 2. The second-order valence-electron chi connectivity index (χ2n) is 9.50. The third kappa shape index (κ3) is 5.07. The quantitative estimate of drug-likeness (QED) is 0.551. The average molecular weight is 467 g/mol. The second kappa shape index (κ2) is 9.85. The highest BCUT2D eigenvalue weighted by atomic mass is 16.5. The highest BCUT2D eigenvalue weighted by molar-refractivity contribution is 5.83. The first-order valence-corrected chi connectivity index (χ1v) is 11.5. The van der Waals surface area contributed by atoms with E-state index >= 15 is 0 Å². The molecule has 8 nitrogen and oxygen atoms in total. The molecule has 2 aromatic rings. The van der Waals surface area contributed by atoms with E-state index in [1.807, 2.05) is 24.3 Å². The molecule has 8 heteroatoms. The van der Waals surface area contributed by atoms with Gasteiger partial charge in [-0.1, -0.05) is 48.5 Å². The molecule has 1 saturated heterocycles. The van der Waals surface area contributed by atoms with Crippen LogP contribution in [0.25, 0.3) is 11.1 Å². The number of hydrogen-bond acceptors (Lipinski definition) is 5. The SMILES string of the molecule is CC(C)(CNC(=O)OCC1c2ccccc2-c2ccccc21)C(=O)NC[C@H]1C[C@@H](C(=O)O)CO1. The van der Waals surface area contributed by atoms with Gasteiger partial charge in [0, 0.05) is 19.0 Å². The standard InChI is InChI=1S/C26H30N2O6/c1-26(2,24(31)27-12-17-11-16(13-33-17)23(29)30)15-28-25(32)34-14-22-20-9-5-3-7-18(20)19-8-4-6-10-21(19)22/h3-10,16-17,22H,11-15H2,1-2H3,(H,27,31)(H,28,32)(H,29,30)/t16-,17-/m1/s1.